The van der Waals surface area contributed by atoms with Gasteiger partial charge in [-0.2, -0.15) is 0 Å². The summed E-state index contributed by atoms with van der Waals surface area (Å²) in [5.41, 5.74) is 8.44. The van der Waals surface area contributed by atoms with E-state index in [1.807, 2.05) is 13.0 Å². The Bertz CT molecular complexity index is 587. The molecular formula is C12H17N5O. The van der Waals surface area contributed by atoms with Gasteiger partial charge in [0, 0.05) is 33.3 Å². The molecule has 0 spiro atoms. The van der Waals surface area contributed by atoms with Gasteiger partial charge in [-0.25, -0.2) is 9.97 Å². The summed E-state index contributed by atoms with van der Waals surface area (Å²) in [6, 6.07) is 1.89. The van der Waals surface area contributed by atoms with Crippen molar-refractivity contribution in [1.82, 2.24) is 19.4 Å². The van der Waals surface area contributed by atoms with Crippen LogP contribution in [0.4, 0.5) is 5.95 Å². The zero-order valence-electron chi connectivity index (χ0n) is 10.8. The van der Waals surface area contributed by atoms with E-state index in [0.717, 1.165) is 16.7 Å². The summed E-state index contributed by atoms with van der Waals surface area (Å²) in [7, 11) is 3.47. The van der Waals surface area contributed by atoms with Gasteiger partial charge in [0.25, 0.3) is 0 Å². The van der Waals surface area contributed by atoms with Crippen LogP contribution in [0.3, 0.4) is 0 Å². The molecule has 0 atom stereocenters. The molecule has 6 nitrogen and oxygen atoms in total. The van der Waals surface area contributed by atoms with Gasteiger partial charge in [0.2, 0.25) is 11.9 Å². The van der Waals surface area contributed by atoms with E-state index >= 15 is 0 Å². The Morgan fingerprint density at radius 1 is 1.50 bits per heavy atom. The Hall–Kier alpha value is -2.11. The Labute approximate surface area is 105 Å². The van der Waals surface area contributed by atoms with Gasteiger partial charge >= 0.3 is 0 Å². The molecule has 0 saturated carbocycles. The number of nitrogen functional groups attached to an aromatic ring is 1. The first-order chi connectivity index (χ1) is 8.50. The number of aromatic nitrogens is 3. The third-order valence-electron chi connectivity index (χ3n) is 2.91. The number of pyridine rings is 1. The number of fused-ring (bicyclic) bond motifs is 1. The second-order valence-corrected chi connectivity index (χ2v) is 4.46. The highest BCUT2D eigenvalue weighted by Crippen LogP contribution is 2.18. The fourth-order valence-electron chi connectivity index (χ4n) is 1.81. The smallest absolute Gasteiger partial charge is 0.223 e. The van der Waals surface area contributed by atoms with Crippen LogP contribution in [0.15, 0.2) is 12.3 Å². The molecule has 2 heterocycles. The lowest BCUT2D eigenvalue weighted by molar-refractivity contribution is -0.128. The average molecular weight is 247 g/mol. The fourth-order valence-corrected chi connectivity index (χ4v) is 1.81. The van der Waals surface area contributed by atoms with Crippen LogP contribution in [-0.2, 0) is 11.3 Å². The Morgan fingerprint density at radius 2 is 2.22 bits per heavy atom. The molecule has 1 amide bonds. The van der Waals surface area contributed by atoms with Crippen molar-refractivity contribution in [1.29, 1.82) is 0 Å². The molecule has 2 aromatic heterocycles. The van der Waals surface area contributed by atoms with E-state index in [1.165, 1.54) is 0 Å². The Balaban J connectivity index is 2.31. The van der Waals surface area contributed by atoms with E-state index in [9.17, 15) is 4.79 Å². The van der Waals surface area contributed by atoms with Gasteiger partial charge in [-0.3, -0.25) is 9.36 Å². The second kappa shape index (κ2) is 4.64. The summed E-state index contributed by atoms with van der Waals surface area (Å²) in [6.07, 6.45) is 2.11. The van der Waals surface area contributed by atoms with Crippen molar-refractivity contribution in [3.63, 3.8) is 0 Å². The molecule has 0 saturated heterocycles. The number of imidazole rings is 1. The molecule has 0 aliphatic carbocycles. The second-order valence-electron chi connectivity index (χ2n) is 4.46. The molecule has 96 valence electrons. The van der Waals surface area contributed by atoms with Crippen LogP contribution in [0.5, 0.6) is 0 Å². The monoisotopic (exact) mass is 247 g/mol. The molecule has 18 heavy (non-hydrogen) atoms. The van der Waals surface area contributed by atoms with Crippen molar-refractivity contribution in [2.75, 3.05) is 19.8 Å². The minimum absolute atomic E-state index is 0.0592. The molecular weight excluding hydrogens is 230 g/mol. The third-order valence-corrected chi connectivity index (χ3v) is 2.91. The maximum Gasteiger partial charge on any atom is 0.223 e. The zero-order valence-corrected chi connectivity index (χ0v) is 10.8. The maximum absolute atomic E-state index is 11.6. The number of rotatable bonds is 3. The summed E-state index contributed by atoms with van der Waals surface area (Å²) in [6.45, 7) is 2.46. The molecule has 0 bridgehead atoms. The van der Waals surface area contributed by atoms with Crippen molar-refractivity contribution in [3.8, 4) is 0 Å². The quantitative estimate of drug-likeness (QED) is 0.870. The van der Waals surface area contributed by atoms with E-state index in [4.69, 9.17) is 5.73 Å². The van der Waals surface area contributed by atoms with Crippen LogP contribution < -0.4 is 5.73 Å². The van der Waals surface area contributed by atoms with Crippen LogP contribution in [-0.4, -0.2) is 39.4 Å². The summed E-state index contributed by atoms with van der Waals surface area (Å²) >= 11 is 0. The number of hydrogen-bond donors (Lipinski definition) is 1. The van der Waals surface area contributed by atoms with Gasteiger partial charge in [-0.05, 0) is 18.6 Å². The molecule has 0 aliphatic rings. The Kier molecular flexibility index (Phi) is 3.18. The van der Waals surface area contributed by atoms with Crippen molar-refractivity contribution >= 4 is 23.0 Å². The van der Waals surface area contributed by atoms with Gasteiger partial charge in [0.05, 0.1) is 0 Å². The van der Waals surface area contributed by atoms with Gasteiger partial charge in [0.15, 0.2) is 5.65 Å². The first-order valence-corrected chi connectivity index (χ1v) is 5.78. The number of nitrogens with two attached hydrogens (primary N) is 1. The summed E-state index contributed by atoms with van der Waals surface area (Å²) < 4.78 is 1.78. The zero-order chi connectivity index (χ0) is 13.3. The number of aryl methyl sites for hydroxylation is 2. The normalized spacial score (nSPS) is 10.8. The predicted octanol–water partition coefficient (Wildman–Crippen LogP) is 0.800. The Morgan fingerprint density at radius 3 is 2.89 bits per heavy atom. The SMILES string of the molecule is Cc1ccnc2c1nc(N)n2CCC(=O)N(C)C. The van der Waals surface area contributed by atoms with E-state index in [0.29, 0.717) is 18.9 Å². The van der Waals surface area contributed by atoms with Crippen molar-refractivity contribution in [3.05, 3.63) is 17.8 Å². The third kappa shape index (κ3) is 2.13. The topological polar surface area (TPSA) is 77.0 Å². The van der Waals surface area contributed by atoms with Crippen molar-refractivity contribution in [2.45, 2.75) is 19.9 Å². The highest BCUT2D eigenvalue weighted by atomic mass is 16.2. The number of amides is 1. The van der Waals surface area contributed by atoms with E-state index in [2.05, 4.69) is 9.97 Å². The van der Waals surface area contributed by atoms with E-state index < -0.39 is 0 Å². The highest BCUT2D eigenvalue weighted by Gasteiger charge is 2.12. The minimum Gasteiger partial charge on any atom is -0.369 e. The van der Waals surface area contributed by atoms with Crippen LogP contribution in [0, 0.1) is 6.92 Å². The van der Waals surface area contributed by atoms with Gasteiger partial charge < -0.3 is 10.6 Å². The van der Waals surface area contributed by atoms with Gasteiger partial charge in [0.1, 0.15) is 5.52 Å². The van der Waals surface area contributed by atoms with Crippen LogP contribution in [0.2, 0.25) is 0 Å². The van der Waals surface area contributed by atoms with E-state index in [1.54, 1.807) is 29.8 Å². The lowest BCUT2D eigenvalue weighted by atomic mass is 10.3. The maximum atomic E-state index is 11.6. The summed E-state index contributed by atoms with van der Waals surface area (Å²) in [4.78, 5) is 21.7. The molecule has 0 unspecified atom stereocenters. The van der Waals surface area contributed by atoms with Crippen LogP contribution in [0.1, 0.15) is 12.0 Å². The van der Waals surface area contributed by atoms with Gasteiger partial charge in [-0.15, -0.1) is 0 Å². The molecule has 0 aliphatic heterocycles. The average Bonchev–Trinajstić information content (AvgIpc) is 2.64. The summed E-state index contributed by atoms with van der Waals surface area (Å²) in [5.74, 6) is 0.460. The molecule has 0 fully saturated rings. The minimum atomic E-state index is 0.0592. The molecule has 0 radical (unpaired) electrons. The van der Waals surface area contributed by atoms with Crippen molar-refractivity contribution < 1.29 is 4.79 Å². The number of carbonyl (C=O) groups is 1. The van der Waals surface area contributed by atoms with E-state index in [-0.39, 0.29) is 5.91 Å². The highest BCUT2D eigenvalue weighted by molar-refractivity contribution is 5.78. The number of carbonyl (C=O) groups excluding carboxylic acids is 1. The van der Waals surface area contributed by atoms with Gasteiger partial charge in [-0.1, -0.05) is 0 Å². The largest absolute Gasteiger partial charge is 0.369 e. The molecule has 2 N–H and O–H groups in total. The molecule has 2 rings (SSSR count). The summed E-state index contributed by atoms with van der Waals surface area (Å²) in [5, 5.41) is 0. The number of nitrogens with zero attached hydrogens (tertiary/aromatic N) is 4. The first kappa shape index (κ1) is 12.3. The number of hydrogen-bond acceptors (Lipinski definition) is 4. The first-order valence-electron chi connectivity index (χ1n) is 5.78. The molecule has 6 heteroatoms. The van der Waals surface area contributed by atoms with Crippen molar-refractivity contribution in [2.24, 2.45) is 0 Å². The lowest BCUT2D eigenvalue weighted by Crippen LogP contribution is -2.23. The van der Waals surface area contributed by atoms with Crippen LogP contribution >= 0.6 is 0 Å². The predicted molar refractivity (Wildman–Crippen MR) is 70.0 cm³/mol. The lowest BCUT2D eigenvalue weighted by Gasteiger charge is -2.11. The molecule has 2 aromatic rings. The molecule has 0 aromatic carbocycles. The van der Waals surface area contributed by atoms with Crippen LogP contribution in [0.25, 0.3) is 11.2 Å². The fraction of sp³-hybridized carbons (Fsp3) is 0.417. The number of anilines is 1. The standard InChI is InChI=1S/C12H17N5O/c1-8-4-6-14-11-10(8)15-12(13)17(11)7-5-9(18)16(2)3/h4,6H,5,7H2,1-3H3,(H2,13,15).